The van der Waals surface area contributed by atoms with Crippen LogP contribution in [0.1, 0.15) is 34.9 Å². The Kier molecular flexibility index (Phi) is 5.21. The van der Waals surface area contributed by atoms with Crippen LogP contribution in [-0.4, -0.2) is 75.0 Å². The first-order chi connectivity index (χ1) is 12.8. The molecule has 2 aliphatic rings. The maximum atomic E-state index is 12.9. The summed E-state index contributed by atoms with van der Waals surface area (Å²) in [5, 5.41) is 11.6. The van der Waals surface area contributed by atoms with Crippen molar-refractivity contribution in [2.24, 2.45) is 0 Å². The molecule has 0 aromatic carbocycles. The van der Waals surface area contributed by atoms with Gasteiger partial charge < -0.3 is 10.2 Å². The van der Waals surface area contributed by atoms with Crippen LogP contribution in [0.2, 0.25) is 0 Å². The average Bonchev–Trinajstić information content (AvgIpc) is 3.37. The van der Waals surface area contributed by atoms with Gasteiger partial charge in [-0.2, -0.15) is 0 Å². The lowest BCUT2D eigenvalue weighted by molar-refractivity contribution is 0.0729. The van der Waals surface area contributed by atoms with Crippen molar-refractivity contribution >= 4 is 5.91 Å². The highest BCUT2D eigenvalue weighted by atomic mass is 16.2. The van der Waals surface area contributed by atoms with Gasteiger partial charge in [0.2, 0.25) is 0 Å². The lowest BCUT2D eigenvalue weighted by atomic mass is 10.1. The van der Waals surface area contributed by atoms with E-state index in [1.165, 1.54) is 0 Å². The molecule has 0 radical (unpaired) electrons. The van der Waals surface area contributed by atoms with Gasteiger partial charge in [0.05, 0.1) is 18.8 Å². The minimum Gasteiger partial charge on any atom is -0.330 e. The number of aromatic nitrogens is 4. The maximum absolute atomic E-state index is 12.9. The van der Waals surface area contributed by atoms with E-state index in [0.717, 1.165) is 64.2 Å². The summed E-state index contributed by atoms with van der Waals surface area (Å²) in [4.78, 5) is 21.4. The van der Waals surface area contributed by atoms with Crippen LogP contribution in [0.5, 0.6) is 0 Å². The maximum Gasteiger partial charge on any atom is 0.276 e. The van der Waals surface area contributed by atoms with Gasteiger partial charge in [0.1, 0.15) is 0 Å². The number of amides is 1. The van der Waals surface area contributed by atoms with Gasteiger partial charge in [0, 0.05) is 51.7 Å². The molecule has 2 aromatic rings. The first-order valence-corrected chi connectivity index (χ1v) is 9.35. The van der Waals surface area contributed by atoms with Crippen molar-refractivity contribution in [3.05, 3.63) is 42.0 Å². The second-order valence-corrected chi connectivity index (χ2v) is 6.90. The molecular formula is C18H25N7O. The van der Waals surface area contributed by atoms with E-state index in [1.807, 2.05) is 23.2 Å². The number of hydrogen-bond acceptors (Lipinski definition) is 6. The molecule has 2 aliphatic heterocycles. The first kappa shape index (κ1) is 17.1. The fraction of sp³-hybridized carbons (Fsp3) is 0.556. The van der Waals surface area contributed by atoms with Crippen molar-refractivity contribution in [3.8, 4) is 0 Å². The number of pyridine rings is 1. The normalized spacial score (nSPS) is 21.2. The van der Waals surface area contributed by atoms with Gasteiger partial charge in [-0.25, -0.2) is 0 Å². The van der Waals surface area contributed by atoms with Crippen LogP contribution in [0.25, 0.3) is 0 Å². The van der Waals surface area contributed by atoms with Crippen LogP contribution in [0.3, 0.4) is 0 Å². The highest BCUT2D eigenvalue weighted by Crippen LogP contribution is 2.32. The molecule has 0 aliphatic carbocycles. The minimum atomic E-state index is -0.0372. The predicted octanol–water partition coefficient (Wildman–Crippen LogP) is 0.556. The second kappa shape index (κ2) is 7.92. The highest BCUT2D eigenvalue weighted by Gasteiger charge is 2.32. The van der Waals surface area contributed by atoms with Gasteiger partial charge in [0.25, 0.3) is 5.91 Å². The molecule has 2 aromatic heterocycles. The van der Waals surface area contributed by atoms with Crippen molar-refractivity contribution in [1.29, 1.82) is 0 Å². The standard InChI is InChI=1S/C18H25N7O/c26-18(25-8-2-4-17(25)15-3-1-5-20-13-15)16-14-24(22-21-16)12-11-23-9-6-19-7-10-23/h1,3,5,13-14,17,19H,2,4,6-12H2. The Labute approximate surface area is 153 Å². The average molecular weight is 355 g/mol. The van der Waals surface area contributed by atoms with E-state index in [2.05, 4.69) is 25.5 Å². The minimum absolute atomic E-state index is 0.0372. The first-order valence-electron chi connectivity index (χ1n) is 9.35. The van der Waals surface area contributed by atoms with Gasteiger partial charge in [-0.1, -0.05) is 11.3 Å². The second-order valence-electron chi connectivity index (χ2n) is 6.90. The Hall–Kier alpha value is -2.32. The zero-order chi connectivity index (χ0) is 17.8. The van der Waals surface area contributed by atoms with Crippen LogP contribution in [0.15, 0.2) is 30.7 Å². The van der Waals surface area contributed by atoms with E-state index in [0.29, 0.717) is 5.69 Å². The lowest BCUT2D eigenvalue weighted by Crippen LogP contribution is -2.44. The van der Waals surface area contributed by atoms with Crippen LogP contribution >= 0.6 is 0 Å². The summed E-state index contributed by atoms with van der Waals surface area (Å²) in [7, 11) is 0. The monoisotopic (exact) mass is 355 g/mol. The molecule has 138 valence electrons. The van der Waals surface area contributed by atoms with E-state index in [-0.39, 0.29) is 11.9 Å². The van der Waals surface area contributed by atoms with Gasteiger partial charge in [-0.15, -0.1) is 5.10 Å². The molecule has 1 amide bonds. The summed E-state index contributed by atoms with van der Waals surface area (Å²) in [6.07, 6.45) is 7.36. The van der Waals surface area contributed by atoms with E-state index in [9.17, 15) is 4.79 Å². The zero-order valence-corrected chi connectivity index (χ0v) is 14.9. The highest BCUT2D eigenvalue weighted by molar-refractivity contribution is 5.92. The molecule has 2 fully saturated rings. The molecular weight excluding hydrogens is 330 g/mol. The number of nitrogens with zero attached hydrogens (tertiary/aromatic N) is 6. The summed E-state index contributed by atoms with van der Waals surface area (Å²) < 4.78 is 1.78. The Balaban J connectivity index is 1.39. The number of carbonyl (C=O) groups is 1. The van der Waals surface area contributed by atoms with Crippen LogP contribution < -0.4 is 5.32 Å². The third-order valence-electron chi connectivity index (χ3n) is 5.20. The molecule has 0 spiro atoms. The molecule has 8 heteroatoms. The van der Waals surface area contributed by atoms with Gasteiger partial charge in [-0.3, -0.25) is 19.4 Å². The molecule has 8 nitrogen and oxygen atoms in total. The third-order valence-corrected chi connectivity index (χ3v) is 5.20. The molecule has 0 bridgehead atoms. The van der Waals surface area contributed by atoms with E-state index >= 15 is 0 Å². The van der Waals surface area contributed by atoms with Crippen LogP contribution in [0.4, 0.5) is 0 Å². The molecule has 4 rings (SSSR count). The van der Waals surface area contributed by atoms with Crippen LogP contribution in [-0.2, 0) is 6.54 Å². The van der Waals surface area contributed by atoms with Crippen molar-refractivity contribution in [2.75, 3.05) is 39.3 Å². The SMILES string of the molecule is O=C(c1cn(CCN2CCNCC2)nn1)N1CCCC1c1cccnc1. The van der Waals surface area contributed by atoms with E-state index < -0.39 is 0 Å². The third kappa shape index (κ3) is 3.76. The molecule has 1 atom stereocenters. The summed E-state index contributed by atoms with van der Waals surface area (Å²) in [6.45, 7) is 6.62. The Morgan fingerprint density at radius 3 is 2.92 bits per heavy atom. The molecule has 1 unspecified atom stereocenters. The quantitative estimate of drug-likeness (QED) is 0.844. The number of piperazine rings is 1. The molecule has 1 N–H and O–H groups in total. The number of carbonyl (C=O) groups excluding carboxylic acids is 1. The number of likely N-dealkylation sites (tertiary alicyclic amines) is 1. The predicted molar refractivity (Wildman–Crippen MR) is 96.6 cm³/mol. The Bertz CT molecular complexity index is 726. The fourth-order valence-corrected chi connectivity index (χ4v) is 3.76. The van der Waals surface area contributed by atoms with Crippen LogP contribution in [0, 0.1) is 0 Å². The number of rotatable bonds is 5. The molecule has 26 heavy (non-hydrogen) atoms. The summed E-state index contributed by atoms with van der Waals surface area (Å²) in [5.74, 6) is -0.0372. The summed E-state index contributed by atoms with van der Waals surface area (Å²) in [6, 6.07) is 4.04. The Morgan fingerprint density at radius 1 is 1.23 bits per heavy atom. The summed E-state index contributed by atoms with van der Waals surface area (Å²) in [5.41, 5.74) is 1.52. The van der Waals surface area contributed by atoms with Gasteiger partial charge in [0.15, 0.2) is 5.69 Å². The Morgan fingerprint density at radius 2 is 2.12 bits per heavy atom. The topological polar surface area (TPSA) is 79.2 Å². The van der Waals surface area contributed by atoms with Crippen molar-refractivity contribution < 1.29 is 4.79 Å². The summed E-state index contributed by atoms with van der Waals surface area (Å²) >= 11 is 0. The van der Waals surface area contributed by atoms with E-state index in [4.69, 9.17) is 0 Å². The fourth-order valence-electron chi connectivity index (χ4n) is 3.76. The number of nitrogens with one attached hydrogen (secondary N) is 1. The zero-order valence-electron chi connectivity index (χ0n) is 14.9. The van der Waals surface area contributed by atoms with Gasteiger partial charge >= 0.3 is 0 Å². The lowest BCUT2D eigenvalue weighted by Gasteiger charge is -2.26. The smallest absolute Gasteiger partial charge is 0.276 e. The molecule has 4 heterocycles. The van der Waals surface area contributed by atoms with Crippen molar-refractivity contribution in [2.45, 2.75) is 25.4 Å². The van der Waals surface area contributed by atoms with Crippen molar-refractivity contribution in [3.63, 3.8) is 0 Å². The largest absolute Gasteiger partial charge is 0.330 e. The van der Waals surface area contributed by atoms with E-state index in [1.54, 1.807) is 17.1 Å². The molecule has 2 saturated heterocycles. The molecule has 0 saturated carbocycles. The van der Waals surface area contributed by atoms with Crippen molar-refractivity contribution in [1.82, 2.24) is 35.1 Å². The number of hydrogen-bond donors (Lipinski definition) is 1. The van der Waals surface area contributed by atoms with Gasteiger partial charge in [-0.05, 0) is 24.5 Å².